The summed E-state index contributed by atoms with van der Waals surface area (Å²) in [5.74, 6) is -2.56. The second-order valence-electron chi connectivity index (χ2n) is 17.4. The molecule has 18 heteroatoms. The molecule has 2 aliphatic heterocycles. The third-order valence-electron chi connectivity index (χ3n) is 12.8. The Hall–Kier alpha value is -5.65. The summed E-state index contributed by atoms with van der Waals surface area (Å²) in [4.78, 5) is 62.6. The molecule has 4 fully saturated rings. The van der Waals surface area contributed by atoms with Crippen LogP contribution >= 0.6 is 0 Å². The second kappa shape index (κ2) is 16.8. The minimum absolute atomic E-state index is 0.104. The van der Waals surface area contributed by atoms with E-state index in [0.29, 0.717) is 61.4 Å². The van der Waals surface area contributed by atoms with Gasteiger partial charge in [-0.25, -0.2) is 18.2 Å². The third kappa shape index (κ3) is 8.95. The monoisotopic (exact) mass is 891 g/mol. The van der Waals surface area contributed by atoms with Crippen molar-refractivity contribution in [2.24, 2.45) is 5.92 Å². The van der Waals surface area contributed by atoms with Crippen LogP contribution in [0.5, 0.6) is 5.75 Å². The van der Waals surface area contributed by atoms with Crippen molar-refractivity contribution in [3.8, 4) is 17.0 Å². The van der Waals surface area contributed by atoms with E-state index in [1.54, 1.807) is 24.3 Å². The molecule has 4 amide bonds. The lowest BCUT2D eigenvalue weighted by atomic mass is 10.0. The Bertz CT molecular complexity index is 2590. The van der Waals surface area contributed by atoms with Crippen LogP contribution < -0.4 is 20.1 Å². The largest absolute Gasteiger partial charge is 0.484 e. The van der Waals surface area contributed by atoms with Crippen molar-refractivity contribution in [3.63, 3.8) is 0 Å². The maximum absolute atomic E-state index is 14.8. The van der Waals surface area contributed by atoms with E-state index in [1.165, 1.54) is 23.1 Å². The highest BCUT2D eigenvalue weighted by Crippen LogP contribution is 2.46. The number of nitrogens with zero attached hydrogens (tertiary/aromatic N) is 2. The molecule has 9 rings (SSSR count). The van der Waals surface area contributed by atoms with E-state index >= 15 is 0 Å². The van der Waals surface area contributed by atoms with Crippen LogP contribution in [0.3, 0.4) is 0 Å². The zero-order chi connectivity index (χ0) is 44.1. The molecule has 4 aromatic rings. The van der Waals surface area contributed by atoms with Crippen LogP contribution in [0, 0.1) is 5.92 Å². The SMILES string of the molecule is O=C(N[C@H]1CCCCCC=C[C@@H]2C[C@@]2(C(=O)NS(=O)(=O)C2CC2)NC(=O)[C@@H]2C[C@@H](Oc3cc(-c4cccc(C(F)(F)F)c4)nc4c3oc3ccccc34)CN2C1=O)OC1CCCC1. The first kappa shape index (κ1) is 42.6. The number of carbonyl (C=O) groups excluding carboxylic acids is 4. The van der Waals surface area contributed by atoms with Gasteiger partial charge in [0.15, 0.2) is 11.3 Å². The quantitative estimate of drug-likeness (QED) is 0.155. The molecular weight excluding hydrogens is 844 g/mol. The number of ether oxygens (including phenoxy) is 2. The Morgan fingerprint density at radius 3 is 2.49 bits per heavy atom. The predicted octanol–water partition coefficient (Wildman–Crippen LogP) is 7.06. The number of rotatable bonds is 8. The fraction of sp³-hybridized carbons (Fsp3) is 0.489. The molecule has 4 heterocycles. The smallest absolute Gasteiger partial charge is 0.416 e. The van der Waals surface area contributed by atoms with Gasteiger partial charge in [0.1, 0.15) is 40.9 Å². The van der Waals surface area contributed by atoms with E-state index in [1.807, 2.05) is 12.2 Å². The Morgan fingerprint density at radius 2 is 1.71 bits per heavy atom. The highest BCUT2D eigenvalue weighted by Gasteiger charge is 2.62. The first-order chi connectivity index (χ1) is 30.2. The molecule has 5 aliphatic rings. The molecular formula is C45H48F3N5O9S. The minimum Gasteiger partial charge on any atom is -0.484 e. The van der Waals surface area contributed by atoms with Crippen molar-refractivity contribution in [2.75, 3.05) is 6.54 Å². The van der Waals surface area contributed by atoms with Crippen LogP contribution in [-0.2, 0) is 35.3 Å². The van der Waals surface area contributed by atoms with Crippen LogP contribution in [0.15, 0.2) is 71.2 Å². The highest BCUT2D eigenvalue weighted by molar-refractivity contribution is 7.91. The van der Waals surface area contributed by atoms with Crippen molar-refractivity contribution < 1.29 is 54.7 Å². The number of nitrogens with one attached hydrogen (secondary N) is 3. The zero-order valence-electron chi connectivity index (χ0n) is 34.3. The van der Waals surface area contributed by atoms with Gasteiger partial charge in [0.05, 0.1) is 23.1 Å². The van der Waals surface area contributed by atoms with E-state index in [-0.39, 0.29) is 54.5 Å². The normalized spacial score (nSPS) is 26.0. The Morgan fingerprint density at radius 1 is 0.937 bits per heavy atom. The first-order valence-electron chi connectivity index (χ1n) is 21.7. The van der Waals surface area contributed by atoms with Crippen molar-refractivity contribution in [2.45, 2.75) is 125 Å². The highest BCUT2D eigenvalue weighted by atomic mass is 32.2. The molecule has 3 aliphatic carbocycles. The molecule has 334 valence electrons. The Kier molecular flexibility index (Phi) is 11.4. The number of hydrogen-bond donors (Lipinski definition) is 3. The van der Waals surface area contributed by atoms with Crippen LogP contribution in [0.25, 0.3) is 33.3 Å². The van der Waals surface area contributed by atoms with Gasteiger partial charge >= 0.3 is 12.3 Å². The summed E-state index contributed by atoms with van der Waals surface area (Å²) < 4.78 is 88.1. The van der Waals surface area contributed by atoms with Gasteiger partial charge in [-0.15, -0.1) is 0 Å². The number of pyridine rings is 1. The van der Waals surface area contributed by atoms with Crippen LogP contribution in [-0.4, -0.2) is 83.7 Å². The lowest BCUT2D eigenvalue weighted by Gasteiger charge is -2.30. The van der Waals surface area contributed by atoms with E-state index in [0.717, 1.165) is 31.4 Å². The summed E-state index contributed by atoms with van der Waals surface area (Å²) >= 11 is 0. The topological polar surface area (TPSA) is 186 Å². The summed E-state index contributed by atoms with van der Waals surface area (Å²) in [5.41, 5.74) is -1.19. The Labute approximate surface area is 361 Å². The van der Waals surface area contributed by atoms with Crippen molar-refractivity contribution in [3.05, 3.63) is 72.3 Å². The number of sulfonamides is 1. The number of alkyl carbamates (subject to hydrolysis) is 1. The first-order valence-corrected chi connectivity index (χ1v) is 23.2. The molecule has 0 unspecified atom stereocenters. The zero-order valence-corrected chi connectivity index (χ0v) is 35.1. The summed E-state index contributed by atoms with van der Waals surface area (Å²) in [6.45, 7) is -0.172. The number of hydrogen-bond acceptors (Lipinski definition) is 10. The van der Waals surface area contributed by atoms with Crippen molar-refractivity contribution in [1.29, 1.82) is 0 Å². The van der Waals surface area contributed by atoms with Gasteiger partial charge < -0.3 is 29.4 Å². The van der Waals surface area contributed by atoms with Crippen LogP contribution in [0.4, 0.5) is 18.0 Å². The van der Waals surface area contributed by atoms with Gasteiger partial charge in [0, 0.05) is 29.4 Å². The summed E-state index contributed by atoms with van der Waals surface area (Å²) in [6, 6.07) is 10.9. The summed E-state index contributed by atoms with van der Waals surface area (Å²) in [5, 5.41) is 5.51. The molecule has 14 nitrogen and oxygen atoms in total. The van der Waals surface area contributed by atoms with Gasteiger partial charge in [0.25, 0.3) is 5.91 Å². The third-order valence-corrected chi connectivity index (χ3v) is 14.6. The number of allylic oxidation sites excluding steroid dienone is 1. The van der Waals surface area contributed by atoms with E-state index in [9.17, 15) is 40.8 Å². The van der Waals surface area contributed by atoms with Crippen LogP contribution in [0.2, 0.25) is 0 Å². The van der Waals surface area contributed by atoms with Gasteiger partial charge in [-0.2, -0.15) is 13.2 Å². The number of para-hydroxylation sites is 1. The number of furan rings is 1. The lowest BCUT2D eigenvalue weighted by molar-refractivity contribution is -0.141. The minimum atomic E-state index is -4.62. The van der Waals surface area contributed by atoms with Crippen LogP contribution in [0.1, 0.15) is 89.0 Å². The molecule has 2 aromatic heterocycles. The van der Waals surface area contributed by atoms with Gasteiger partial charge in [0.2, 0.25) is 21.8 Å². The van der Waals surface area contributed by atoms with Crippen molar-refractivity contribution in [1.82, 2.24) is 25.2 Å². The number of amides is 4. The second-order valence-corrected chi connectivity index (χ2v) is 19.3. The molecule has 3 N–H and O–H groups in total. The maximum atomic E-state index is 14.8. The molecule has 3 saturated carbocycles. The number of fused-ring (bicyclic) bond motifs is 5. The van der Waals surface area contributed by atoms with E-state index < -0.39 is 80.5 Å². The predicted molar refractivity (Wildman–Crippen MR) is 223 cm³/mol. The van der Waals surface area contributed by atoms with Gasteiger partial charge in [-0.1, -0.05) is 49.3 Å². The molecule has 63 heavy (non-hydrogen) atoms. The van der Waals surface area contributed by atoms with E-state index in [4.69, 9.17) is 18.9 Å². The molecule has 0 bridgehead atoms. The number of benzene rings is 2. The average Bonchev–Trinajstić information content (AvgIpc) is 4.06. The lowest BCUT2D eigenvalue weighted by Crippen LogP contribution is -2.58. The standard InChI is InChI=1S/C45H48F3N5O9S/c46-45(47,48)27-13-10-11-26(21-27)34-23-37(39-38(49-34)32-16-8-9-18-36(32)62-39)60-30-22-35-40(54)51-44(42(56)52-63(58,59)31-19-20-31)24-28(44)12-4-2-1-3-5-17-33(41(55)53(35)25-30)50-43(57)61-29-14-6-7-15-29/h4,8-13,16,18,21,23,28-31,33,35H,1-3,5-7,14-15,17,19-20,22,24-25H2,(H,50,57)(H,51,54)(H,52,56)/t28-,30-,33+,35+,44-/m1/s1. The number of alkyl halides is 3. The summed E-state index contributed by atoms with van der Waals surface area (Å²) in [7, 11) is -3.97. The number of halogens is 3. The molecule has 0 radical (unpaired) electrons. The summed E-state index contributed by atoms with van der Waals surface area (Å²) in [6.07, 6.45) is 4.24. The Balaban J connectivity index is 1.06. The number of aromatic nitrogens is 1. The van der Waals surface area contributed by atoms with Gasteiger partial charge in [-0.3, -0.25) is 19.1 Å². The average molecular weight is 892 g/mol. The molecule has 0 spiro atoms. The fourth-order valence-corrected chi connectivity index (χ4v) is 10.5. The fourth-order valence-electron chi connectivity index (χ4n) is 9.10. The molecule has 5 atom stereocenters. The molecule has 1 saturated heterocycles. The maximum Gasteiger partial charge on any atom is 0.416 e. The van der Waals surface area contributed by atoms with Gasteiger partial charge in [-0.05, 0) is 88.5 Å². The van der Waals surface area contributed by atoms with E-state index in [2.05, 4.69) is 15.4 Å². The number of carbonyl (C=O) groups is 4. The molecule has 2 aromatic carbocycles. The van der Waals surface area contributed by atoms with Crippen molar-refractivity contribution >= 4 is 55.9 Å².